The van der Waals surface area contributed by atoms with Crippen molar-refractivity contribution in [3.63, 3.8) is 0 Å². The Bertz CT molecular complexity index is 757. The summed E-state index contributed by atoms with van der Waals surface area (Å²) in [5, 5.41) is 0. The number of nitrogens with zero attached hydrogens (tertiary/aromatic N) is 2. The van der Waals surface area contributed by atoms with E-state index in [4.69, 9.17) is 0 Å². The van der Waals surface area contributed by atoms with E-state index < -0.39 is 0 Å². The molecule has 2 amide bonds. The van der Waals surface area contributed by atoms with Crippen LogP contribution in [0.4, 0.5) is 5.69 Å². The number of carbonyl (C=O) groups is 2. The first-order valence-electron chi connectivity index (χ1n) is 8.01. The van der Waals surface area contributed by atoms with Gasteiger partial charge in [0.2, 0.25) is 5.91 Å². The number of hydrogen-bond donors (Lipinski definition) is 0. The predicted molar refractivity (Wildman–Crippen MR) is 88.4 cm³/mol. The molecule has 2 aromatic rings. The molecule has 4 rings (SSSR count). The predicted octanol–water partition coefficient (Wildman–Crippen LogP) is 2.49. The molecule has 0 radical (unpaired) electrons. The summed E-state index contributed by atoms with van der Waals surface area (Å²) in [7, 11) is 0. The van der Waals surface area contributed by atoms with Gasteiger partial charge in [0.25, 0.3) is 5.91 Å². The van der Waals surface area contributed by atoms with Crippen molar-refractivity contribution in [1.29, 1.82) is 0 Å². The average molecular weight is 306 g/mol. The number of anilines is 1. The summed E-state index contributed by atoms with van der Waals surface area (Å²) in [6.07, 6.45) is 1.64. The molecule has 0 saturated carbocycles. The Hall–Kier alpha value is -2.62. The molecular formula is C19H18N2O2. The summed E-state index contributed by atoms with van der Waals surface area (Å²) in [4.78, 5) is 29.0. The van der Waals surface area contributed by atoms with Gasteiger partial charge in [-0.1, -0.05) is 36.4 Å². The smallest absolute Gasteiger partial charge is 0.254 e. The van der Waals surface area contributed by atoms with Gasteiger partial charge in [-0.05, 0) is 36.6 Å². The molecule has 4 heteroatoms. The van der Waals surface area contributed by atoms with Gasteiger partial charge in [-0.25, -0.2) is 0 Å². The molecule has 1 fully saturated rings. The Kier molecular flexibility index (Phi) is 3.37. The van der Waals surface area contributed by atoms with Gasteiger partial charge in [0, 0.05) is 24.3 Å². The number of para-hydroxylation sites is 1. The highest BCUT2D eigenvalue weighted by Gasteiger charge is 2.41. The molecule has 1 atom stereocenters. The van der Waals surface area contributed by atoms with E-state index >= 15 is 0 Å². The van der Waals surface area contributed by atoms with E-state index in [1.807, 2.05) is 41.3 Å². The maximum absolute atomic E-state index is 12.9. The van der Waals surface area contributed by atoms with E-state index in [1.54, 1.807) is 17.0 Å². The monoisotopic (exact) mass is 306 g/mol. The average Bonchev–Trinajstić information content (AvgIpc) is 2.98. The minimum Gasteiger partial charge on any atom is -0.326 e. The zero-order chi connectivity index (χ0) is 15.8. The quantitative estimate of drug-likeness (QED) is 0.855. The molecule has 0 spiro atoms. The number of rotatable bonds is 2. The fourth-order valence-corrected chi connectivity index (χ4v) is 3.38. The summed E-state index contributed by atoms with van der Waals surface area (Å²) in [5.74, 6) is -0.00633. The highest BCUT2D eigenvalue weighted by Crippen LogP contribution is 2.31. The van der Waals surface area contributed by atoms with Crippen molar-refractivity contribution in [2.45, 2.75) is 18.9 Å². The van der Waals surface area contributed by atoms with Crippen LogP contribution in [-0.2, 0) is 11.2 Å². The van der Waals surface area contributed by atoms with Gasteiger partial charge < -0.3 is 9.80 Å². The van der Waals surface area contributed by atoms with Crippen LogP contribution in [0.3, 0.4) is 0 Å². The van der Waals surface area contributed by atoms with E-state index in [0.717, 1.165) is 18.5 Å². The molecule has 1 saturated heterocycles. The third-order valence-electron chi connectivity index (χ3n) is 4.74. The molecule has 2 heterocycles. The molecule has 116 valence electrons. The third kappa shape index (κ3) is 2.31. The van der Waals surface area contributed by atoms with Crippen LogP contribution < -0.4 is 4.90 Å². The van der Waals surface area contributed by atoms with E-state index in [1.165, 1.54) is 5.56 Å². The second-order valence-corrected chi connectivity index (χ2v) is 6.04. The van der Waals surface area contributed by atoms with Gasteiger partial charge >= 0.3 is 0 Å². The summed E-state index contributed by atoms with van der Waals surface area (Å²) < 4.78 is 0. The molecule has 0 bridgehead atoms. The van der Waals surface area contributed by atoms with Crippen LogP contribution in [-0.4, -0.2) is 35.8 Å². The molecule has 2 aliphatic rings. The zero-order valence-electron chi connectivity index (χ0n) is 12.8. The molecule has 23 heavy (non-hydrogen) atoms. The Morgan fingerprint density at radius 3 is 2.39 bits per heavy atom. The molecule has 0 aromatic heterocycles. The summed E-state index contributed by atoms with van der Waals surface area (Å²) in [6.45, 7) is 1.36. The first-order chi connectivity index (χ1) is 11.3. The van der Waals surface area contributed by atoms with Crippen molar-refractivity contribution in [3.8, 4) is 0 Å². The van der Waals surface area contributed by atoms with Crippen LogP contribution in [0.5, 0.6) is 0 Å². The van der Waals surface area contributed by atoms with Gasteiger partial charge in [0.05, 0.1) is 0 Å². The van der Waals surface area contributed by atoms with Crippen molar-refractivity contribution in [2.24, 2.45) is 0 Å². The largest absolute Gasteiger partial charge is 0.326 e. The Labute approximate surface area is 135 Å². The molecule has 0 unspecified atom stereocenters. The summed E-state index contributed by atoms with van der Waals surface area (Å²) in [6, 6.07) is 16.9. The Morgan fingerprint density at radius 2 is 1.65 bits per heavy atom. The van der Waals surface area contributed by atoms with E-state index in [9.17, 15) is 9.59 Å². The molecule has 2 aliphatic heterocycles. The standard InChI is InChI=1S/C19H18N2O2/c22-18(15-7-2-1-3-8-15)21-13-11-17(21)19(23)20-12-10-14-6-4-5-9-16(14)20/h1-9,17H,10-13H2/t17-/m0/s1. The first kappa shape index (κ1) is 14.0. The van der Waals surface area contributed by atoms with Crippen LogP contribution in [0.2, 0.25) is 0 Å². The lowest BCUT2D eigenvalue weighted by atomic mass is 9.99. The van der Waals surface area contributed by atoms with Crippen LogP contribution >= 0.6 is 0 Å². The lowest BCUT2D eigenvalue weighted by Crippen LogP contribution is -2.59. The highest BCUT2D eigenvalue weighted by atomic mass is 16.2. The SMILES string of the molecule is O=C([C@@H]1CCN1C(=O)c1ccccc1)N1CCc2ccccc21. The third-order valence-corrected chi connectivity index (χ3v) is 4.74. The van der Waals surface area contributed by atoms with E-state index in [2.05, 4.69) is 6.07 Å². The molecular weight excluding hydrogens is 288 g/mol. The normalized spacial score (nSPS) is 19.2. The van der Waals surface area contributed by atoms with Crippen molar-refractivity contribution >= 4 is 17.5 Å². The van der Waals surface area contributed by atoms with Gasteiger partial charge in [-0.15, -0.1) is 0 Å². The maximum Gasteiger partial charge on any atom is 0.254 e. The van der Waals surface area contributed by atoms with Crippen LogP contribution in [0.15, 0.2) is 54.6 Å². The fourth-order valence-electron chi connectivity index (χ4n) is 3.38. The zero-order valence-corrected chi connectivity index (χ0v) is 12.8. The van der Waals surface area contributed by atoms with Gasteiger partial charge in [0.15, 0.2) is 0 Å². The number of benzene rings is 2. The van der Waals surface area contributed by atoms with E-state index in [0.29, 0.717) is 18.7 Å². The second-order valence-electron chi connectivity index (χ2n) is 6.04. The fraction of sp³-hybridized carbons (Fsp3) is 0.263. The number of amides is 2. The molecule has 4 nitrogen and oxygen atoms in total. The minimum absolute atomic E-state index is 0.0467. The van der Waals surface area contributed by atoms with Crippen LogP contribution in [0.25, 0.3) is 0 Å². The van der Waals surface area contributed by atoms with Crippen molar-refractivity contribution in [2.75, 3.05) is 18.0 Å². The van der Waals surface area contributed by atoms with Crippen LogP contribution in [0.1, 0.15) is 22.3 Å². The molecule has 0 N–H and O–H groups in total. The Balaban J connectivity index is 1.53. The lowest BCUT2D eigenvalue weighted by Gasteiger charge is -2.41. The number of likely N-dealkylation sites (tertiary alicyclic amines) is 1. The Morgan fingerprint density at radius 1 is 0.913 bits per heavy atom. The topological polar surface area (TPSA) is 40.6 Å². The van der Waals surface area contributed by atoms with Crippen molar-refractivity contribution < 1.29 is 9.59 Å². The minimum atomic E-state index is -0.325. The lowest BCUT2D eigenvalue weighted by molar-refractivity contribution is -0.126. The molecule has 2 aromatic carbocycles. The highest BCUT2D eigenvalue weighted by molar-refractivity contribution is 6.04. The second kappa shape index (κ2) is 5.54. The first-order valence-corrected chi connectivity index (χ1v) is 8.01. The number of fused-ring (bicyclic) bond motifs is 1. The van der Waals surface area contributed by atoms with E-state index in [-0.39, 0.29) is 17.9 Å². The molecule has 0 aliphatic carbocycles. The number of carbonyl (C=O) groups excluding carboxylic acids is 2. The van der Waals surface area contributed by atoms with Gasteiger partial charge in [-0.3, -0.25) is 9.59 Å². The van der Waals surface area contributed by atoms with Crippen LogP contribution in [0, 0.1) is 0 Å². The van der Waals surface area contributed by atoms with Gasteiger partial charge in [0.1, 0.15) is 6.04 Å². The van der Waals surface area contributed by atoms with Crippen molar-refractivity contribution in [1.82, 2.24) is 4.90 Å². The summed E-state index contributed by atoms with van der Waals surface area (Å²) in [5.41, 5.74) is 2.85. The van der Waals surface area contributed by atoms with Crippen molar-refractivity contribution in [3.05, 3.63) is 65.7 Å². The number of hydrogen-bond acceptors (Lipinski definition) is 2. The summed E-state index contributed by atoms with van der Waals surface area (Å²) >= 11 is 0. The maximum atomic E-state index is 12.9. The van der Waals surface area contributed by atoms with Gasteiger partial charge in [-0.2, -0.15) is 0 Å².